The smallest absolute Gasteiger partial charge is 0.301 e. The Balaban J connectivity index is 1.69. The molecule has 2 heterocycles. The number of carbonyl (C=O) groups is 2. The van der Waals surface area contributed by atoms with Crippen molar-refractivity contribution in [1.29, 1.82) is 0 Å². The molecule has 1 aromatic heterocycles. The first kappa shape index (κ1) is 24.9. The van der Waals surface area contributed by atoms with Crippen molar-refractivity contribution in [3.63, 3.8) is 0 Å². The van der Waals surface area contributed by atoms with Gasteiger partial charge in [0.25, 0.3) is 11.5 Å². The average molecular weight is 532 g/mol. The summed E-state index contributed by atoms with van der Waals surface area (Å²) >= 11 is 1.19. The van der Waals surface area contributed by atoms with E-state index in [2.05, 4.69) is 4.98 Å². The molecule has 192 valence electrons. The molecule has 1 fully saturated rings. The number of rotatable bonds is 7. The lowest BCUT2D eigenvalue weighted by Crippen LogP contribution is -2.29. The summed E-state index contributed by atoms with van der Waals surface area (Å²) < 4.78 is 11.5. The molecule has 4 aromatic rings. The van der Waals surface area contributed by atoms with Gasteiger partial charge in [-0.05, 0) is 55.0 Å². The standard InChI is InChI=1S/C27H21N3O7S/c1-3-37-19-11-12-20-21(14-19)38-27(28-20)29-23(15-7-9-17(10-8-15)30(34)35)22(25(32)26(29)33)24(31)16-5-4-6-18(13-16)36-2/h4-14,23,31H,3H2,1-2H3/b24-22+. The van der Waals surface area contributed by atoms with Crippen LogP contribution in [0.25, 0.3) is 16.0 Å². The van der Waals surface area contributed by atoms with Crippen molar-refractivity contribution in [1.82, 2.24) is 4.98 Å². The number of nitro groups is 1. The van der Waals surface area contributed by atoms with E-state index in [0.717, 1.165) is 4.70 Å². The van der Waals surface area contributed by atoms with Gasteiger partial charge in [0.15, 0.2) is 5.13 Å². The van der Waals surface area contributed by atoms with Crippen LogP contribution in [0.4, 0.5) is 10.8 Å². The van der Waals surface area contributed by atoms with E-state index in [4.69, 9.17) is 9.47 Å². The molecular formula is C27H21N3O7S. The van der Waals surface area contributed by atoms with Crippen molar-refractivity contribution in [3.8, 4) is 11.5 Å². The normalized spacial score (nSPS) is 16.7. The topological polar surface area (TPSA) is 132 Å². The minimum atomic E-state index is -1.08. The highest BCUT2D eigenvalue weighted by Crippen LogP contribution is 2.45. The zero-order valence-corrected chi connectivity index (χ0v) is 21.1. The van der Waals surface area contributed by atoms with Crippen molar-refractivity contribution < 1.29 is 29.1 Å². The third-order valence-electron chi connectivity index (χ3n) is 6.07. The van der Waals surface area contributed by atoms with Crippen LogP contribution in [0.1, 0.15) is 24.1 Å². The van der Waals surface area contributed by atoms with E-state index in [-0.39, 0.29) is 22.0 Å². The van der Waals surface area contributed by atoms with Gasteiger partial charge in [0.2, 0.25) is 0 Å². The molecule has 11 heteroatoms. The third-order valence-corrected chi connectivity index (χ3v) is 7.09. The minimum Gasteiger partial charge on any atom is -0.507 e. The molecule has 1 aliphatic rings. The Bertz CT molecular complexity index is 1610. The first-order chi connectivity index (χ1) is 18.3. The van der Waals surface area contributed by atoms with Crippen LogP contribution < -0.4 is 14.4 Å². The number of aliphatic hydroxyl groups excluding tert-OH is 1. The number of benzene rings is 3. The van der Waals surface area contributed by atoms with Gasteiger partial charge >= 0.3 is 5.91 Å². The highest BCUT2D eigenvalue weighted by Gasteiger charge is 2.48. The Morgan fingerprint density at radius 1 is 1.11 bits per heavy atom. The Morgan fingerprint density at radius 3 is 2.55 bits per heavy atom. The Labute approximate surface area is 220 Å². The lowest BCUT2D eigenvalue weighted by molar-refractivity contribution is -0.384. The first-order valence-corrected chi connectivity index (χ1v) is 12.4. The first-order valence-electron chi connectivity index (χ1n) is 11.6. The van der Waals surface area contributed by atoms with E-state index in [9.17, 15) is 24.8 Å². The van der Waals surface area contributed by atoms with Crippen molar-refractivity contribution in [3.05, 3.63) is 93.5 Å². The molecule has 0 bridgehead atoms. The van der Waals surface area contributed by atoms with Crippen LogP contribution in [0, 0.1) is 10.1 Å². The molecule has 1 atom stereocenters. The average Bonchev–Trinajstić information content (AvgIpc) is 3.46. The molecule has 1 aliphatic heterocycles. The van der Waals surface area contributed by atoms with Gasteiger partial charge in [-0.25, -0.2) is 4.98 Å². The number of thiazole rings is 1. The summed E-state index contributed by atoms with van der Waals surface area (Å²) in [7, 11) is 1.47. The van der Waals surface area contributed by atoms with Crippen molar-refractivity contribution >= 4 is 49.8 Å². The lowest BCUT2D eigenvalue weighted by atomic mass is 9.95. The summed E-state index contributed by atoms with van der Waals surface area (Å²) in [5, 5.41) is 22.7. The van der Waals surface area contributed by atoms with Gasteiger partial charge in [-0.15, -0.1) is 0 Å². The van der Waals surface area contributed by atoms with Crippen LogP contribution in [-0.2, 0) is 9.59 Å². The molecule has 1 N–H and O–H groups in total. The van der Waals surface area contributed by atoms with Crippen LogP contribution in [0.5, 0.6) is 11.5 Å². The number of ketones is 1. The number of aromatic nitrogens is 1. The predicted molar refractivity (Wildman–Crippen MR) is 142 cm³/mol. The second-order valence-electron chi connectivity index (χ2n) is 8.31. The van der Waals surface area contributed by atoms with Crippen LogP contribution in [0.3, 0.4) is 0 Å². The van der Waals surface area contributed by atoms with Crippen molar-refractivity contribution in [2.24, 2.45) is 0 Å². The van der Waals surface area contributed by atoms with Crippen LogP contribution in [0.2, 0.25) is 0 Å². The summed E-state index contributed by atoms with van der Waals surface area (Å²) in [6.07, 6.45) is 0. The number of hydrogen-bond donors (Lipinski definition) is 1. The molecule has 3 aromatic carbocycles. The summed E-state index contributed by atoms with van der Waals surface area (Å²) in [4.78, 5) is 43.3. The summed E-state index contributed by atoms with van der Waals surface area (Å²) in [5.74, 6) is -1.08. The van der Waals surface area contributed by atoms with Gasteiger partial charge in [0.05, 0.1) is 40.5 Å². The Kier molecular flexibility index (Phi) is 6.52. The Morgan fingerprint density at radius 2 is 1.87 bits per heavy atom. The fraction of sp³-hybridized carbons (Fsp3) is 0.148. The molecule has 0 radical (unpaired) electrons. The quantitative estimate of drug-likeness (QED) is 0.113. The maximum atomic E-state index is 13.4. The molecule has 10 nitrogen and oxygen atoms in total. The molecule has 0 aliphatic carbocycles. The Hall–Kier alpha value is -4.77. The fourth-order valence-electron chi connectivity index (χ4n) is 4.30. The van der Waals surface area contributed by atoms with Crippen LogP contribution >= 0.6 is 11.3 Å². The zero-order chi connectivity index (χ0) is 27.0. The number of ether oxygens (including phenoxy) is 2. The molecule has 5 rings (SSSR count). The predicted octanol–water partition coefficient (Wildman–Crippen LogP) is 5.24. The molecular weight excluding hydrogens is 510 g/mol. The molecule has 1 unspecified atom stereocenters. The van der Waals surface area contributed by atoms with E-state index in [1.165, 1.54) is 47.6 Å². The van der Waals surface area contributed by atoms with Crippen LogP contribution in [0.15, 0.2) is 72.3 Å². The van der Waals surface area contributed by atoms with Gasteiger partial charge in [-0.2, -0.15) is 0 Å². The number of carbonyl (C=O) groups excluding carboxylic acids is 2. The maximum Gasteiger partial charge on any atom is 0.301 e. The highest BCUT2D eigenvalue weighted by molar-refractivity contribution is 7.22. The molecule has 1 amide bonds. The van der Waals surface area contributed by atoms with E-state index in [1.54, 1.807) is 42.5 Å². The van der Waals surface area contributed by atoms with Crippen molar-refractivity contribution in [2.45, 2.75) is 13.0 Å². The summed E-state index contributed by atoms with van der Waals surface area (Å²) in [6, 6.07) is 16.2. The van der Waals surface area contributed by atoms with Gasteiger partial charge in [-0.1, -0.05) is 23.5 Å². The number of Topliss-reactive ketones (excluding diaryl/α,β-unsaturated/α-hetero) is 1. The van der Waals surface area contributed by atoms with Gasteiger partial charge in [0.1, 0.15) is 17.3 Å². The van der Waals surface area contributed by atoms with Crippen LogP contribution in [-0.4, -0.2) is 40.4 Å². The number of nitro benzene ring substituents is 1. The molecule has 1 saturated heterocycles. The van der Waals surface area contributed by atoms with E-state index in [1.807, 2.05) is 6.92 Å². The zero-order valence-electron chi connectivity index (χ0n) is 20.3. The lowest BCUT2D eigenvalue weighted by Gasteiger charge is -2.22. The number of fused-ring (bicyclic) bond motifs is 1. The van der Waals surface area contributed by atoms with Gasteiger partial charge in [-0.3, -0.25) is 24.6 Å². The highest BCUT2D eigenvalue weighted by atomic mass is 32.1. The fourth-order valence-corrected chi connectivity index (χ4v) is 5.32. The summed E-state index contributed by atoms with van der Waals surface area (Å²) in [6.45, 7) is 2.35. The number of anilines is 1. The minimum absolute atomic E-state index is 0.151. The second-order valence-corrected chi connectivity index (χ2v) is 9.32. The SMILES string of the molecule is CCOc1ccc2nc(N3C(=O)C(=O)/C(=C(/O)c4cccc(OC)c4)C3c3ccc([N+](=O)[O-])cc3)sc2c1. The summed E-state index contributed by atoms with van der Waals surface area (Å²) in [5.41, 5.74) is 0.965. The van der Waals surface area contributed by atoms with Gasteiger partial charge < -0.3 is 14.6 Å². The monoisotopic (exact) mass is 531 g/mol. The van der Waals surface area contributed by atoms with E-state index in [0.29, 0.717) is 29.2 Å². The number of nitrogens with zero attached hydrogens (tertiary/aromatic N) is 3. The maximum absolute atomic E-state index is 13.4. The molecule has 0 spiro atoms. The number of hydrogen-bond acceptors (Lipinski definition) is 9. The van der Waals surface area contributed by atoms with Gasteiger partial charge in [0, 0.05) is 17.7 Å². The van der Waals surface area contributed by atoms with E-state index >= 15 is 0 Å². The number of amides is 1. The number of non-ortho nitro benzene ring substituents is 1. The largest absolute Gasteiger partial charge is 0.507 e. The van der Waals surface area contributed by atoms with E-state index < -0.39 is 28.4 Å². The third kappa shape index (κ3) is 4.33. The number of methoxy groups -OCH3 is 1. The second kappa shape index (κ2) is 9.94. The van der Waals surface area contributed by atoms with Crippen molar-refractivity contribution in [2.75, 3.05) is 18.6 Å². The molecule has 0 saturated carbocycles. The number of aliphatic hydroxyl groups is 1. The molecule has 38 heavy (non-hydrogen) atoms.